The summed E-state index contributed by atoms with van der Waals surface area (Å²) in [4.78, 5) is 13.5. The molecule has 2 atom stereocenters. The molecule has 0 aromatic heterocycles. The molecule has 9 heteroatoms. The molecular weight excluding hydrogens is 338 g/mol. The maximum absolute atomic E-state index is 12.2. The molecule has 1 aromatic rings. The van der Waals surface area contributed by atoms with Crippen molar-refractivity contribution in [2.45, 2.75) is 25.2 Å². The summed E-state index contributed by atoms with van der Waals surface area (Å²) < 4.78 is 37.6. The number of aliphatic hydroxyl groups excluding tert-OH is 1. The Morgan fingerprint density at radius 2 is 2.00 bits per heavy atom. The van der Waals surface area contributed by atoms with Gasteiger partial charge in [-0.3, -0.25) is 4.18 Å². The molecule has 1 fully saturated rings. The van der Waals surface area contributed by atoms with Gasteiger partial charge in [-0.2, -0.15) is 8.42 Å². The standard InChI is InChI=1S/C15H21NO7S/c1-21-13-5-3-11(4-6-13)10-22-15(18)16-8-14(7-12(16)9-17)23-24(2,19)20/h3-6,12,14,17H,7-10H2,1-2H3/t12-,14+/m0/s1. The van der Waals surface area contributed by atoms with Crippen LogP contribution in [0.15, 0.2) is 24.3 Å². The number of ether oxygens (including phenoxy) is 2. The van der Waals surface area contributed by atoms with Gasteiger partial charge in [0.25, 0.3) is 10.1 Å². The van der Waals surface area contributed by atoms with E-state index in [9.17, 15) is 18.3 Å². The first-order chi connectivity index (χ1) is 11.3. The average molecular weight is 359 g/mol. The Kier molecular flexibility index (Phi) is 6.03. The van der Waals surface area contributed by atoms with Crippen molar-refractivity contribution in [3.8, 4) is 5.75 Å². The maximum atomic E-state index is 12.2. The molecule has 0 unspecified atom stereocenters. The van der Waals surface area contributed by atoms with E-state index in [1.165, 1.54) is 4.90 Å². The van der Waals surface area contributed by atoms with Crippen LogP contribution < -0.4 is 4.74 Å². The van der Waals surface area contributed by atoms with Crippen molar-refractivity contribution in [1.82, 2.24) is 4.90 Å². The molecule has 0 aliphatic carbocycles. The second-order valence-electron chi connectivity index (χ2n) is 5.55. The number of rotatable bonds is 6. The topological polar surface area (TPSA) is 102 Å². The SMILES string of the molecule is COc1ccc(COC(=O)N2C[C@H](OS(C)(=O)=O)C[C@H]2CO)cc1. The number of carbonyl (C=O) groups excluding carboxylic acids is 1. The molecule has 1 amide bonds. The average Bonchev–Trinajstić information content (AvgIpc) is 2.94. The van der Waals surface area contributed by atoms with E-state index < -0.39 is 28.4 Å². The Morgan fingerprint density at radius 1 is 1.33 bits per heavy atom. The Morgan fingerprint density at radius 3 is 2.54 bits per heavy atom. The number of benzene rings is 1. The van der Waals surface area contributed by atoms with Gasteiger partial charge in [0.1, 0.15) is 12.4 Å². The summed E-state index contributed by atoms with van der Waals surface area (Å²) in [6.45, 7) is -0.171. The van der Waals surface area contributed by atoms with Crippen LogP contribution in [0, 0.1) is 0 Å². The smallest absolute Gasteiger partial charge is 0.410 e. The third-order valence-electron chi connectivity index (χ3n) is 3.65. The van der Waals surface area contributed by atoms with Crippen LogP contribution in [0.2, 0.25) is 0 Å². The van der Waals surface area contributed by atoms with Crippen molar-refractivity contribution in [3.05, 3.63) is 29.8 Å². The number of hydrogen-bond acceptors (Lipinski definition) is 7. The number of hydrogen-bond donors (Lipinski definition) is 1. The largest absolute Gasteiger partial charge is 0.497 e. The first kappa shape index (κ1) is 18.5. The van der Waals surface area contributed by atoms with Crippen molar-refractivity contribution >= 4 is 16.2 Å². The molecule has 2 rings (SSSR count). The van der Waals surface area contributed by atoms with Gasteiger partial charge in [-0.25, -0.2) is 4.79 Å². The lowest BCUT2D eigenvalue weighted by Crippen LogP contribution is -2.38. The normalized spacial score (nSPS) is 20.9. The highest BCUT2D eigenvalue weighted by molar-refractivity contribution is 7.86. The number of methoxy groups -OCH3 is 1. The highest BCUT2D eigenvalue weighted by Crippen LogP contribution is 2.22. The zero-order valence-electron chi connectivity index (χ0n) is 13.5. The molecule has 1 saturated heterocycles. The fourth-order valence-electron chi connectivity index (χ4n) is 2.54. The molecule has 8 nitrogen and oxygen atoms in total. The molecule has 1 heterocycles. The summed E-state index contributed by atoms with van der Waals surface area (Å²) in [5, 5.41) is 9.38. The van der Waals surface area contributed by atoms with Gasteiger partial charge in [0.05, 0.1) is 38.7 Å². The van der Waals surface area contributed by atoms with Crippen LogP contribution in [0.5, 0.6) is 5.75 Å². The van der Waals surface area contributed by atoms with Crippen molar-refractivity contribution < 1.29 is 32.0 Å². The monoisotopic (exact) mass is 359 g/mol. The Hall–Kier alpha value is -1.84. The first-order valence-corrected chi connectivity index (χ1v) is 9.19. The Balaban J connectivity index is 1.92. The second kappa shape index (κ2) is 7.82. The maximum Gasteiger partial charge on any atom is 0.410 e. The molecule has 1 aliphatic rings. The van der Waals surface area contributed by atoms with E-state index in [0.717, 1.165) is 11.8 Å². The lowest BCUT2D eigenvalue weighted by Gasteiger charge is -2.22. The van der Waals surface area contributed by atoms with Gasteiger partial charge in [0.15, 0.2) is 0 Å². The predicted molar refractivity (Wildman–Crippen MR) is 85.1 cm³/mol. The summed E-state index contributed by atoms with van der Waals surface area (Å²) in [5.74, 6) is 0.700. The van der Waals surface area contributed by atoms with E-state index >= 15 is 0 Å². The van der Waals surface area contributed by atoms with E-state index in [-0.39, 0.29) is 26.2 Å². The minimum absolute atomic E-state index is 0.0553. The van der Waals surface area contributed by atoms with Crippen LogP contribution in [0.1, 0.15) is 12.0 Å². The third-order valence-corrected chi connectivity index (χ3v) is 4.28. The Bertz CT molecular complexity index is 659. The summed E-state index contributed by atoms with van der Waals surface area (Å²) >= 11 is 0. The lowest BCUT2D eigenvalue weighted by atomic mass is 10.2. The van der Waals surface area contributed by atoms with E-state index in [1.54, 1.807) is 31.4 Å². The van der Waals surface area contributed by atoms with E-state index in [4.69, 9.17) is 13.7 Å². The van der Waals surface area contributed by atoms with Gasteiger partial charge >= 0.3 is 6.09 Å². The molecule has 0 bridgehead atoms. The highest BCUT2D eigenvalue weighted by Gasteiger charge is 2.38. The number of likely N-dealkylation sites (tertiary alicyclic amines) is 1. The fraction of sp³-hybridized carbons (Fsp3) is 0.533. The second-order valence-corrected chi connectivity index (χ2v) is 7.15. The molecule has 0 saturated carbocycles. The van der Waals surface area contributed by atoms with Crippen LogP contribution in [0.4, 0.5) is 4.79 Å². The predicted octanol–water partition coefficient (Wildman–Crippen LogP) is 0.743. The van der Waals surface area contributed by atoms with Gasteiger partial charge in [-0.15, -0.1) is 0 Å². The number of nitrogens with zero attached hydrogens (tertiary/aromatic N) is 1. The van der Waals surface area contributed by atoms with Gasteiger partial charge < -0.3 is 19.5 Å². The van der Waals surface area contributed by atoms with Gasteiger partial charge in [-0.05, 0) is 24.1 Å². The number of aliphatic hydroxyl groups is 1. The quantitative estimate of drug-likeness (QED) is 0.748. The molecule has 1 N–H and O–H groups in total. The molecule has 1 aliphatic heterocycles. The van der Waals surface area contributed by atoms with Crippen LogP contribution in [-0.4, -0.2) is 63.2 Å². The summed E-state index contributed by atoms with van der Waals surface area (Å²) in [6.07, 6.45) is -0.109. The van der Waals surface area contributed by atoms with Crippen LogP contribution in [-0.2, 0) is 25.6 Å². The van der Waals surface area contributed by atoms with Crippen LogP contribution in [0.3, 0.4) is 0 Å². The highest BCUT2D eigenvalue weighted by atomic mass is 32.2. The van der Waals surface area contributed by atoms with Crippen molar-refractivity contribution in [1.29, 1.82) is 0 Å². The van der Waals surface area contributed by atoms with E-state index in [1.807, 2.05) is 0 Å². The van der Waals surface area contributed by atoms with E-state index in [2.05, 4.69) is 0 Å². The molecule has 134 valence electrons. The first-order valence-electron chi connectivity index (χ1n) is 7.38. The summed E-state index contributed by atoms with van der Waals surface area (Å²) in [7, 11) is -2.06. The molecule has 1 aromatic carbocycles. The minimum Gasteiger partial charge on any atom is -0.497 e. The lowest BCUT2D eigenvalue weighted by molar-refractivity contribution is 0.0779. The zero-order valence-corrected chi connectivity index (χ0v) is 14.4. The van der Waals surface area contributed by atoms with Gasteiger partial charge in [0.2, 0.25) is 0 Å². The van der Waals surface area contributed by atoms with Crippen LogP contribution in [0.25, 0.3) is 0 Å². The summed E-state index contributed by atoms with van der Waals surface area (Å²) in [6, 6.07) is 6.53. The molecule has 0 spiro atoms. The number of carbonyl (C=O) groups is 1. The third kappa shape index (κ3) is 5.08. The number of amides is 1. The van der Waals surface area contributed by atoms with E-state index in [0.29, 0.717) is 5.75 Å². The Labute approximate surface area is 141 Å². The fourth-order valence-corrected chi connectivity index (χ4v) is 3.17. The molecule has 0 radical (unpaired) electrons. The summed E-state index contributed by atoms with van der Waals surface area (Å²) in [5.41, 5.74) is 0.785. The van der Waals surface area contributed by atoms with Gasteiger partial charge in [0, 0.05) is 0 Å². The van der Waals surface area contributed by atoms with Crippen molar-refractivity contribution in [2.75, 3.05) is 26.5 Å². The van der Waals surface area contributed by atoms with Crippen molar-refractivity contribution in [3.63, 3.8) is 0 Å². The van der Waals surface area contributed by atoms with Crippen molar-refractivity contribution in [2.24, 2.45) is 0 Å². The zero-order chi connectivity index (χ0) is 17.7. The minimum atomic E-state index is -3.62. The molecular formula is C15H21NO7S. The molecule has 24 heavy (non-hydrogen) atoms. The van der Waals surface area contributed by atoms with Crippen LogP contribution >= 0.6 is 0 Å². The van der Waals surface area contributed by atoms with Gasteiger partial charge in [-0.1, -0.05) is 12.1 Å².